The van der Waals surface area contributed by atoms with Gasteiger partial charge < -0.3 is 14.8 Å². The SMILES string of the molecule is CCn1c(-c2ccc(Cl)cc2)nn(C[NH+](C)CC(=O)NC2CC2)c1=S. The lowest BCUT2D eigenvalue weighted by Gasteiger charge is -2.13. The predicted molar refractivity (Wildman–Crippen MR) is 100 cm³/mol. The van der Waals surface area contributed by atoms with E-state index in [2.05, 4.69) is 10.4 Å². The van der Waals surface area contributed by atoms with Crippen molar-refractivity contribution < 1.29 is 9.69 Å². The maximum absolute atomic E-state index is 12.0. The minimum atomic E-state index is 0.0827. The lowest BCUT2D eigenvalue weighted by Crippen LogP contribution is -3.09. The molecule has 1 aromatic heterocycles. The van der Waals surface area contributed by atoms with Crippen molar-refractivity contribution in [3.63, 3.8) is 0 Å². The van der Waals surface area contributed by atoms with Crippen molar-refractivity contribution in [1.29, 1.82) is 0 Å². The number of carbonyl (C=O) groups is 1. The van der Waals surface area contributed by atoms with Gasteiger partial charge in [0.05, 0.1) is 7.05 Å². The fraction of sp³-hybridized carbons (Fsp3) is 0.471. The first kappa shape index (κ1) is 18.1. The number of halogens is 1. The van der Waals surface area contributed by atoms with E-state index in [4.69, 9.17) is 23.8 Å². The van der Waals surface area contributed by atoms with E-state index < -0.39 is 0 Å². The van der Waals surface area contributed by atoms with E-state index in [0.29, 0.717) is 29.0 Å². The number of likely N-dealkylation sites (N-methyl/N-ethyl adjacent to an activating group) is 1. The van der Waals surface area contributed by atoms with Crippen molar-refractivity contribution in [3.05, 3.63) is 34.1 Å². The first-order valence-corrected chi connectivity index (χ1v) is 9.30. The first-order chi connectivity index (χ1) is 12.0. The maximum Gasteiger partial charge on any atom is 0.275 e. The van der Waals surface area contributed by atoms with Crippen LogP contribution in [-0.4, -0.2) is 39.9 Å². The zero-order valence-corrected chi connectivity index (χ0v) is 16.0. The molecular weight excluding hydrogens is 358 g/mol. The van der Waals surface area contributed by atoms with Gasteiger partial charge in [-0.05, 0) is 56.2 Å². The van der Waals surface area contributed by atoms with E-state index >= 15 is 0 Å². The summed E-state index contributed by atoms with van der Waals surface area (Å²) in [5, 5.41) is 8.38. The maximum atomic E-state index is 12.0. The minimum Gasteiger partial charge on any atom is -0.348 e. The zero-order valence-electron chi connectivity index (χ0n) is 14.5. The number of hydrogen-bond acceptors (Lipinski definition) is 3. The van der Waals surface area contributed by atoms with Crippen LogP contribution in [0, 0.1) is 4.77 Å². The minimum absolute atomic E-state index is 0.0827. The van der Waals surface area contributed by atoms with Gasteiger partial charge in [-0.15, -0.1) is 5.10 Å². The third kappa shape index (κ3) is 4.48. The van der Waals surface area contributed by atoms with Gasteiger partial charge in [-0.3, -0.25) is 4.79 Å². The number of amides is 1. The van der Waals surface area contributed by atoms with E-state index in [1.165, 1.54) is 0 Å². The Balaban J connectivity index is 1.76. The highest BCUT2D eigenvalue weighted by Crippen LogP contribution is 2.20. The molecule has 1 unspecified atom stereocenters. The topological polar surface area (TPSA) is 56.3 Å². The average Bonchev–Trinajstić information content (AvgIpc) is 3.32. The summed E-state index contributed by atoms with van der Waals surface area (Å²) in [5.74, 6) is 0.902. The van der Waals surface area contributed by atoms with Crippen LogP contribution in [0.5, 0.6) is 0 Å². The van der Waals surface area contributed by atoms with Gasteiger partial charge in [0.1, 0.15) is 0 Å². The molecule has 1 amide bonds. The fourth-order valence-corrected chi connectivity index (χ4v) is 3.18. The number of hydrogen-bond donors (Lipinski definition) is 2. The van der Waals surface area contributed by atoms with Gasteiger partial charge >= 0.3 is 0 Å². The van der Waals surface area contributed by atoms with Gasteiger partial charge in [0.2, 0.25) is 4.77 Å². The van der Waals surface area contributed by atoms with Crippen molar-refractivity contribution in [3.8, 4) is 11.4 Å². The smallest absolute Gasteiger partial charge is 0.275 e. The molecule has 0 radical (unpaired) electrons. The van der Waals surface area contributed by atoms with Crippen LogP contribution in [-0.2, 0) is 18.0 Å². The number of quaternary nitrogens is 1. The second kappa shape index (κ2) is 7.68. The Morgan fingerprint density at radius 3 is 2.68 bits per heavy atom. The Morgan fingerprint density at radius 2 is 2.08 bits per heavy atom. The van der Waals surface area contributed by atoms with Crippen LogP contribution in [0.1, 0.15) is 19.8 Å². The fourth-order valence-electron chi connectivity index (χ4n) is 2.73. The summed E-state index contributed by atoms with van der Waals surface area (Å²) < 4.78 is 4.45. The number of carbonyl (C=O) groups excluding carboxylic acids is 1. The average molecular weight is 381 g/mol. The highest BCUT2D eigenvalue weighted by Gasteiger charge is 2.24. The molecule has 8 heteroatoms. The third-order valence-electron chi connectivity index (χ3n) is 4.17. The monoisotopic (exact) mass is 380 g/mol. The van der Waals surface area contributed by atoms with Gasteiger partial charge in [-0.2, -0.15) is 4.68 Å². The number of aromatic nitrogens is 3. The van der Waals surface area contributed by atoms with E-state index in [0.717, 1.165) is 35.7 Å². The molecule has 0 aliphatic heterocycles. The van der Waals surface area contributed by atoms with E-state index in [9.17, 15) is 4.79 Å². The van der Waals surface area contributed by atoms with Gasteiger partial charge in [-0.1, -0.05) is 11.6 Å². The number of rotatable bonds is 7. The highest BCUT2D eigenvalue weighted by atomic mass is 35.5. The molecule has 2 aromatic rings. The Kier molecular flexibility index (Phi) is 5.56. The summed E-state index contributed by atoms with van der Waals surface area (Å²) in [6.45, 7) is 3.73. The van der Waals surface area contributed by atoms with Crippen LogP contribution >= 0.6 is 23.8 Å². The van der Waals surface area contributed by atoms with Crippen LogP contribution < -0.4 is 10.2 Å². The molecule has 1 atom stereocenters. The molecule has 1 aromatic carbocycles. The summed E-state index contributed by atoms with van der Waals surface area (Å²) in [7, 11) is 1.97. The molecule has 1 saturated carbocycles. The molecule has 0 bridgehead atoms. The van der Waals surface area contributed by atoms with Crippen LogP contribution in [0.25, 0.3) is 11.4 Å². The van der Waals surface area contributed by atoms with Gasteiger partial charge in [-0.25, -0.2) is 0 Å². The second-order valence-corrected chi connectivity index (χ2v) is 7.29. The van der Waals surface area contributed by atoms with Gasteiger partial charge in [0.25, 0.3) is 5.91 Å². The summed E-state index contributed by atoms with van der Waals surface area (Å²) in [5.41, 5.74) is 0.972. The van der Waals surface area contributed by atoms with Crippen LogP contribution in [0.4, 0.5) is 0 Å². The number of nitrogens with zero attached hydrogens (tertiary/aromatic N) is 3. The lowest BCUT2D eigenvalue weighted by molar-refractivity contribution is -0.895. The first-order valence-electron chi connectivity index (χ1n) is 8.52. The standard InChI is InChI=1S/C17H22ClN5OS/c1-3-22-16(12-4-6-13(18)7-5-12)20-23(17(22)25)11-21(2)10-15(24)19-14-8-9-14/h4-7,14H,3,8-11H2,1-2H3,(H,19,24)/p+1. The number of benzene rings is 1. The Labute approximate surface area is 157 Å². The highest BCUT2D eigenvalue weighted by molar-refractivity contribution is 7.71. The predicted octanol–water partition coefficient (Wildman–Crippen LogP) is 1.51. The molecule has 0 spiro atoms. The lowest BCUT2D eigenvalue weighted by atomic mass is 10.2. The molecule has 3 rings (SSSR count). The molecular formula is C17H23ClN5OS+. The summed E-state index contributed by atoms with van der Waals surface area (Å²) >= 11 is 11.5. The normalized spacial score (nSPS) is 15.2. The molecule has 1 aliphatic rings. The molecule has 1 fully saturated rings. The van der Waals surface area contributed by atoms with Crippen LogP contribution in [0.15, 0.2) is 24.3 Å². The van der Waals surface area contributed by atoms with Crippen molar-refractivity contribution >= 4 is 29.7 Å². The Morgan fingerprint density at radius 1 is 1.40 bits per heavy atom. The van der Waals surface area contributed by atoms with Crippen LogP contribution in [0.2, 0.25) is 5.02 Å². The Hall–Kier alpha value is -1.70. The third-order valence-corrected chi connectivity index (χ3v) is 4.85. The molecule has 134 valence electrons. The van der Waals surface area contributed by atoms with Crippen molar-refractivity contribution in [2.24, 2.45) is 0 Å². The van der Waals surface area contributed by atoms with E-state index in [-0.39, 0.29) is 5.91 Å². The van der Waals surface area contributed by atoms with E-state index in [1.807, 2.05) is 42.8 Å². The van der Waals surface area contributed by atoms with Crippen molar-refractivity contribution in [2.75, 3.05) is 13.6 Å². The van der Waals surface area contributed by atoms with E-state index in [1.54, 1.807) is 4.68 Å². The van der Waals surface area contributed by atoms with Crippen molar-refractivity contribution in [2.45, 2.75) is 39.0 Å². The summed E-state index contributed by atoms with van der Waals surface area (Å²) in [4.78, 5) is 13.0. The summed E-state index contributed by atoms with van der Waals surface area (Å²) in [6.07, 6.45) is 2.20. The van der Waals surface area contributed by atoms with Gasteiger partial charge in [0.15, 0.2) is 19.0 Å². The largest absolute Gasteiger partial charge is 0.348 e. The zero-order chi connectivity index (χ0) is 18.0. The molecule has 25 heavy (non-hydrogen) atoms. The summed E-state index contributed by atoms with van der Waals surface area (Å²) in [6, 6.07) is 7.96. The van der Waals surface area contributed by atoms with Crippen molar-refractivity contribution in [1.82, 2.24) is 19.7 Å². The Bertz CT molecular complexity index is 809. The molecule has 2 N–H and O–H groups in total. The molecule has 6 nitrogen and oxygen atoms in total. The second-order valence-electron chi connectivity index (χ2n) is 6.49. The quantitative estimate of drug-likeness (QED) is 0.716. The van der Waals surface area contributed by atoms with Gasteiger partial charge in [0, 0.05) is 23.2 Å². The molecule has 0 saturated heterocycles. The molecule has 1 aliphatic carbocycles. The van der Waals surface area contributed by atoms with Crippen LogP contribution in [0.3, 0.4) is 0 Å². The number of nitrogens with one attached hydrogen (secondary N) is 2. The molecule has 1 heterocycles.